The van der Waals surface area contributed by atoms with E-state index in [9.17, 15) is 18.0 Å². The Morgan fingerprint density at radius 1 is 1.62 bits per heavy atom. The van der Waals surface area contributed by atoms with Crippen molar-refractivity contribution in [3.8, 4) is 0 Å². The largest absolute Gasteiger partial charge is 0.469 e. The third-order valence-corrected chi connectivity index (χ3v) is 1.92. The summed E-state index contributed by atoms with van der Waals surface area (Å²) in [6, 6.07) is 0.782. The number of anilines is 1. The lowest BCUT2D eigenvalue weighted by atomic mass is 10.1. The first-order valence-electron chi connectivity index (χ1n) is 4.25. The number of methoxy groups -OCH3 is 1. The number of hydrogen-bond acceptors (Lipinski definition) is 4. The summed E-state index contributed by atoms with van der Waals surface area (Å²) in [5, 5.41) is 0. The Kier molecular flexibility index (Phi) is 3.70. The lowest BCUT2D eigenvalue weighted by molar-refractivity contribution is -0.139. The lowest BCUT2D eigenvalue weighted by Gasteiger charge is -2.09. The van der Waals surface area contributed by atoms with Crippen LogP contribution in [0.5, 0.6) is 0 Å². The van der Waals surface area contributed by atoms with Gasteiger partial charge in [0.15, 0.2) is 0 Å². The first kappa shape index (κ1) is 12.3. The molecule has 1 heterocycles. The molecule has 0 aromatic carbocycles. The second-order valence-corrected chi connectivity index (χ2v) is 2.95. The van der Waals surface area contributed by atoms with Crippen molar-refractivity contribution in [1.82, 2.24) is 4.98 Å². The van der Waals surface area contributed by atoms with Crippen LogP contribution in [0.1, 0.15) is 17.7 Å². The van der Waals surface area contributed by atoms with Crippen LogP contribution >= 0.6 is 0 Å². The van der Waals surface area contributed by atoms with E-state index in [4.69, 9.17) is 5.73 Å². The van der Waals surface area contributed by atoms with Gasteiger partial charge >= 0.3 is 5.97 Å². The molecule has 0 bridgehead atoms. The zero-order valence-electron chi connectivity index (χ0n) is 8.34. The predicted octanol–water partition coefficient (Wildman–Crippen LogP) is 1.46. The van der Waals surface area contributed by atoms with Gasteiger partial charge in [-0.1, -0.05) is 0 Å². The van der Waals surface area contributed by atoms with Crippen LogP contribution < -0.4 is 5.73 Å². The van der Waals surface area contributed by atoms with Crippen LogP contribution in [0.2, 0.25) is 0 Å². The number of alkyl halides is 2. The molecule has 1 aromatic rings. The summed E-state index contributed by atoms with van der Waals surface area (Å²) in [5.41, 5.74) is 4.06. The molecule has 0 saturated heterocycles. The highest BCUT2D eigenvalue weighted by molar-refractivity contribution is 5.75. The zero-order chi connectivity index (χ0) is 12.3. The molecule has 0 aliphatic carbocycles. The monoisotopic (exact) mass is 234 g/mol. The molecule has 0 radical (unpaired) electrons. The van der Waals surface area contributed by atoms with Crippen molar-refractivity contribution in [2.45, 2.75) is 12.8 Å². The van der Waals surface area contributed by atoms with Crippen molar-refractivity contribution in [2.75, 3.05) is 12.8 Å². The molecule has 0 aliphatic rings. The SMILES string of the molecule is COC(=O)Cc1c(N)cc(F)nc1C(F)F. The summed E-state index contributed by atoms with van der Waals surface area (Å²) in [4.78, 5) is 14.0. The fourth-order valence-electron chi connectivity index (χ4n) is 1.17. The van der Waals surface area contributed by atoms with E-state index in [1.165, 1.54) is 0 Å². The average molecular weight is 234 g/mol. The maximum Gasteiger partial charge on any atom is 0.310 e. The molecule has 0 fully saturated rings. The molecule has 7 heteroatoms. The van der Waals surface area contributed by atoms with Gasteiger partial charge < -0.3 is 10.5 Å². The van der Waals surface area contributed by atoms with Gasteiger partial charge in [-0.2, -0.15) is 4.39 Å². The van der Waals surface area contributed by atoms with Crippen LogP contribution in [0, 0.1) is 5.95 Å². The van der Waals surface area contributed by atoms with E-state index in [-0.39, 0.29) is 11.3 Å². The van der Waals surface area contributed by atoms with Crippen molar-refractivity contribution < 1.29 is 22.7 Å². The van der Waals surface area contributed by atoms with Gasteiger partial charge in [-0.15, -0.1) is 0 Å². The maximum atomic E-state index is 12.7. The van der Waals surface area contributed by atoms with Crippen LogP contribution in [-0.4, -0.2) is 18.1 Å². The molecule has 16 heavy (non-hydrogen) atoms. The molecule has 1 aromatic heterocycles. The molecule has 1 rings (SSSR count). The molecular formula is C9H9F3N2O2. The van der Waals surface area contributed by atoms with E-state index >= 15 is 0 Å². The summed E-state index contributed by atoms with van der Waals surface area (Å²) < 4.78 is 42.1. The van der Waals surface area contributed by atoms with Crippen molar-refractivity contribution >= 4 is 11.7 Å². The van der Waals surface area contributed by atoms with E-state index in [2.05, 4.69) is 9.72 Å². The van der Waals surface area contributed by atoms with Crippen molar-refractivity contribution in [3.63, 3.8) is 0 Å². The Balaban J connectivity index is 3.19. The van der Waals surface area contributed by atoms with E-state index in [0.717, 1.165) is 13.2 Å². The highest BCUT2D eigenvalue weighted by atomic mass is 19.3. The molecule has 0 unspecified atom stereocenters. The molecule has 0 atom stereocenters. The standard InChI is InChI=1S/C9H9F3N2O2/c1-16-7(15)2-4-5(13)3-6(10)14-8(4)9(11)12/h3,9H,2H2,1H3,(H2,13,14). The van der Waals surface area contributed by atoms with Gasteiger partial charge in [-0.05, 0) is 0 Å². The Morgan fingerprint density at radius 3 is 2.75 bits per heavy atom. The minimum atomic E-state index is -3.00. The molecule has 2 N–H and O–H groups in total. The topological polar surface area (TPSA) is 65.2 Å². The van der Waals surface area contributed by atoms with E-state index in [0.29, 0.717) is 0 Å². The number of hydrogen-bond donors (Lipinski definition) is 1. The number of carbonyl (C=O) groups excluding carboxylic acids is 1. The van der Waals surface area contributed by atoms with Gasteiger partial charge in [0.05, 0.1) is 13.5 Å². The van der Waals surface area contributed by atoms with Crippen molar-refractivity contribution in [2.24, 2.45) is 0 Å². The Morgan fingerprint density at radius 2 is 2.25 bits per heavy atom. The number of nitrogens with two attached hydrogens (primary N) is 1. The minimum absolute atomic E-state index is 0.205. The fraction of sp³-hybridized carbons (Fsp3) is 0.333. The third-order valence-electron chi connectivity index (χ3n) is 1.92. The Labute approximate surface area is 89.2 Å². The molecule has 0 aliphatic heterocycles. The number of rotatable bonds is 3. The number of carbonyl (C=O) groups is 1. The van der Waals surface area contributed by atoms with E-state index in [1.807, 2.05) is 0 Å². The molecular weight excluding hydrogens is 225 g/mol. The predicted molar refractivity (Wildman–Crippen MR) is 49.3 cm³/mol. The van der Waals surface area contributed by atoms with Crippen molar-refractivity contribution in [1.29, 1.82) is 0 Å². The molecule has 0 spiro atoms. The van der Waals surface area contributed by atoms with Crippen LogP contribution in [0.4, 0.5) is 18.9 Å². The molecule has 88 valence electrons. The van der Waals surface area contributed by atoms with Crippen LogP contribution in [0.3, 0.4) is 0 Å². The second-order valence-electron chi connectivity index (χ2n) is 2.95. The quantitative estimate of drug-likeness (QED) is 0.635. The summed E-state index contributed by atoms with van der Waals surface area (Å²) in [7, 11) is 1.11. The minimum Gasteiger partial charge on any atom is -0.469 e. The van der Waals surface area contributed by atoms with Gasteiger partial charge in [-0.25, -0.2) is 13.8 Å². The second kappa shape index (κ2) is 4.82. The Hall–Kier alpha value is -1.79. The number of pyridine rings is 1. The molecule has 0 saturated carbocycles. The van der Waals surface area contributed by atoms with Gasteiger partial charge in [0, 0.05) is 17.3 Å². The summed E-state index contributed by atoms with van der Waals surface area (Å²) in [6.07, 6.45) is -3.47. The van der Waals surface area contributed by atoms with Crippen LogP contribution in [-0.2, 0) is 16.0 Å². The van der Waals surface area contributed by atoms with Gasteiger partial charge in [-0.3, -0.25) is 4.79 Å². The van der Waals surface area contributed by atoms with E-state index in [1.54, 1.807) is 0 Å². The molecule has 4 nitrogen and oxygen atoms in total. The summed E-state index contributed by atoms with van der Waals surface area (Å²) >= 11 is 0. The number of ether oxygens (including phenoxy) is 1. The maximum absolute atomic E-state index is 12.7. The number of nitrogen functional groups attached to an aromatic ring is 1. The molecule has 0 amide bonds. The smallest absolute Gasteiger partial charge is 0.310 e. The van der Waals surface area contributed by atoms with Gasteiger partial charge in [0.25, 0.3) is 6.43 Å². The third kappa shape index (κ3) is 2.62. The van der Waals surface area contributed by atoms with Crippen molar-refractivity contribution in [3.05, 3.63) is 23.3 Å². The van der Waals surface area contributed by atoms with Gasteiger partial charge in [0.2, 0.25) is 5.95 Å². The number of halogens is 3. The first-order chi connectivity index (χ1) is 7.45. The first-order valence-corrected chi connectivity index (χ1v) is 4.25. The zero-order valence-corrected chi connectivity index (χ0v) is 8.34. The average Bonchev–Trinajstić information content (AvgIpc) is 2.20. The normalized spacial score (nSPS) is 10.6. The Bertz CT molecular complexity index is 410. The highest BCUT2D eigenvalue weighted by Gasteiger charge is 2.21. The highest BCUT2D eigenvalue weighted by Crippen LogP contribution is 2.26. The van der Waals surface area contributed by atoms with E-state index < -0.39 is 30.5 Å². The lowest BCUT2D eigenvalue weighted by Crippen LogP contribution is -2.12. The summed E-state index contributed by atoms with van der Waals surface area (Å²) in [6.45, 7) is 0. The van der Waals surface area contributed by atoms with Gasteiger partial charge in [0.1, 0.15) is 5.69 Å². The fourth-order valence-corrected chi connectivity index (χ4v) is 1.17. The number of nitrogens with zero attached hydrogens (tertiary/aromatic N) is 1. The van der Waals surface area contributed by atoms with Crippen LogP contribution in [0.25, 0.3) is 0 Å². The number of aromatic nitrogens is 1. The number of esters is 1. The summed E-state index contributed by atoms with van der Waals surface area (Å²) in [5.74, 6) is -1.86. The van der Waals surface area contributed by atoms with Crippen LogP contribution in [0.15, 0.2) is 6.07 Å².